The Morgan fingerprint density at radius 1 is 1.26 bits per heavy atom. The normalized spacial score (nSPS) is 23.3. The fourth-order valence-electron chi connectivity index (χ4n) is 4.79. The molecule has 2 heterocycles. The number of amides is 1. The van der Waals surface area contributed by atoms with Gasteiger partial charge in [-0.2, -0.15) is 5.10 Å². The minimum absolute atomic E-state index is 0.0273. The zero-order chi connectivity index (χ0) is 22.0. The van der Waals surface area contributed by atoms with Gasteiger partial charge in [0.05, 0.1) is 24.4 Å². The average Bonchev–Trinajstić information content (AvgIpc) is 3.37. The predicted molar refractivity (Wildman–Crippen MR) is 120 cm³/mol. The number of ketones is 1. The van der Waals surface area contributed by atoms with Crippen molar-refractivity contribution in [2.45, 2.75) is 64.0 Å². The molecule has 1 unspecified atom stereocenters. The molecular weight excluding hydrogens is 414 g/mol. The van der Waals surface area contributed by atoms with Gasteiger partial charge in [-0.3, -0.25) is 14.3 Å². The highest BCUT2D eigenvalue weighted by molar-refractivity contribution is 6.30. The summed E-state index contributed by atoms with van der Waals surface area (Å²) in [6.45, 7) is 2.74. The van der Waals surface area contributed by atoms with Crippen molar-refractivity contribution in [3.63, 3.8) is 0 Å². The Bertz CT molecular complexity index is 940. The average molecular weight is 444 g/mol. The van der Waals surface area contributed by atoms with Crippen LogP contribution >= 0.6 is 11.6 Å². The van der Waals surface area contributed by atoms with Crippen molar-refractivity contribution in [2.24, 2.45) is 5.92 Å². The Balaban J connectivity index is 1.54. The van der Waals surface area contributed by atoms with E-state index in [1.54, 1.807) is 4.90 Å². The Hall–Kier alpha value is -2.18. The second-order valence-electron chi connectivity index (χ2n) is 8.85. The summed E-state index contributed by atoms with van der Waals surface area (Å²) in [7, 11) is 0. The number of hydrogen-bond acceptors (Lipinski definition) is 4. The first-order valence-corrected chi connectivity index (χ1v) is 11.7. The van der Waals surface area contributed by atoms with Crippen molar-refractivity contribution < 1.29 is 14.7 Å². The van der Waals surface area contributed by atoms with Crippen molar-refractivity contribution in [1.29, 1.82) is 0 Å². The molecular formula is C24H30ClN3O3. The number of aliphatic hydroxyl groups is 1. The maximum absolute atomic E-state index is 13.2. The molecule has 3 atom stereocenters. The first-order valence-electron chi connectivity index (χ1n) is 11.3. The van der Waals surface area contributed by atoms with Crippen molar-refractivity contribution >= 4 is 23.3 Å². The lowest BCUT2D eigenvalue weighted by atomic mass is 9.98. The van der Waals surface area contributed by atoms with Crippen LogP contribution in [-0.4, -0.2) is 50.7 Å². The fourth-order valence-corrected chi connectivity index (χ4v) is 4.91. The van der Waals surface area contributed by atoms with E-state index in [-0.39, 0.29) is 36.3 Å². The van der Waals surface area contributed by atoms with E-state index >= 15 is 0 Å². The van der Waals surface area contributed by atoms with Crippen LogP contribution in [0.15, 0.2) is 30.3 Å². The van der Waals surface area contributed by atoms with Crippen molar-refractivity contribution in [2.75, 3.05) is 13.1 Å². The lowest BCUT2D eigenvalue weighted by molar-refractivity contribution is -0.121. The minimum atomic E-state index is -0.387. The summed E-state index contributed by atoms with van der Waals surface area (Å²) in [6, 6.07) is 9.30. The highest BCUT2D eigenvalue weighted by Gasteiger charge is 2.35. The molecule has 1 N–H and O–H groups in total. The maximum atomic E-state index is 13.2. The number of hydrogen-bond donors (Lipinski definition) is 1. The van der Waals surface area contributed by atoms with E-state index in [0.717, 1.165) is 49.8 Å². The number of unbranched alkanes of at least 4 members (excludes halogenated alkanes) is 1. The highest BCUT2D eigenvalue weighted by atomic mass is 35.5. The summed E-state index contributed by atoms with van der Waals surface area (Å²) in [4.78, 5) is 27.6. The molecule has 1 aliphatic carbocycles. The molecule has 1 aromatic carbocycles. The fraction of sp³-hybridized carbons (Fsp3) is 0.542. The van der Waals surface area contributed by atoms with Crippen molar-refractivity contribution in [3.8, 4) is 11.3 Å². The quantitative estimate of drug-likeness (QED) is 0.651. The van der Waals surface area contributed by atoms with Crippen LogP contribution in [-0.2, 0) is 4.79 Å². The molecule has 31 heavy (non-hydrogen) atoms. The molecule has 0 bridgehead atoms. The number of halogens is 1. The number of Topliss-reactive ketones (excluding diaryl/α,β-unsaturated/α-hetero) is 1. The maximum Gasteiger partial charge on any atom is 0.272 e. The second-order valence-corrected chi connectivity index (χ2v) is 9.29. The smallest absolute Gasteiger partial charge is 0.272 e. The molecule has 1 fully saturated rings. The van der Waals surface area contributed by atoms with Crippen molar-refractivity contribution in [3.05, 3.63) is 41.0 Å². The zero-order valence-corrected chi connectivity index (χ0v) is 18.7. The number of carbonyl (C=O) groups excluding carboxylic acids is 2. The third-order valence-corrected chi connectivity index (χ3v) is 6.78. The number of aliphatic hydroxyl groups excluding tert-OH is 1. The first-order chi connectivity index (χ1) is 15.0. The van der Waals surface area contributed by atoms with E-state index in [0.29, 0.717) is 23.7 Å². The van der Waals surface area contributed by atoms with Gasteiger partial charge in [0.15, 0.2) is 5.78 Å². The first kappa shape index (κ1) is 22.0. The topological polar surface area (TPSA) is 75.4 Å². The van der Waals surface area contributed by atoms with E-state index in [9.17, 15) is 14.7 Å². The molecule has 1 saturated carbocycles. The molecule has 2 aromatic rings. The number of fused-ring (bicyclic) bond motifs is 1. The highest BCUT2D eigenvalue weighted by Crippen LogP contribution is 2.31. The molecule has 0 spiro atoms. The van der Waals surface area contributed by atoms with Gasteiger partial charge in [-0.05, 0) is 43.4 Å². The van der Waals surface area contributed by atoms with Gasteiger partial charge in [0, 0.05) is 23.6 Å². The summed E-state index contributed by atoms with van der Waals surface area (Å²) in [5.74, 6) is -0.0921. The third-order valence-electron chi connectivity index (χ3n) is 6.53. The van der Waals surface area contributed by atoms with Gasteiger partial charge in [0.25, 0.3) is 5.91 Å². The number of carbonyl (C=O) groups is 2. The van der Waals surface area contributed by atoms with Gasteiger partial charge in [-0.25, -0.2) is 0 Å². The molecule has 1 aliphatic heterocycles. The molecule has 7 heteroatoms. The Kier molecular flexibility index (Phi) is 6.77. The minimum Gasteiger partial charge on any atom is -0.393 e. The second kappa shape index (κ2) is 9.53. The van der Waals surface area contributed by atoms with Gasteiger partial charge in [-0.15, -0.1) is 0 Å². The van der Waals surface area contributed by atoms with Crippen molar-refractivity contribution in [1.82, 2.24) is 14.7 Å². The molecule has 1 amide bonds. The van der Waals surface area contributed by atoms with Gasteiger partial charge >= 0.3 is 0 Å². The molecule has 166 valence electrons. The van der Waals surface area contributed by atoms with Crippen LogP contribution in [0.2, 0.25) is 5.02 Å². The molecule has 6 nitrogen and oxygen atoms in total. The summed E-state index contributed by atoms with van der Waals surface area (Å²) >= 11 is 6.01. The number of rotatable bonds is 8. The summed E-state index contributed by atoms with van der Waals surface area (Å²) in [6.07, 6.45) is 5.58. The van der Waals surface area contributed by atoms with Gasteiger partial charge < -0.3 is 10.0 Å². The van der Waals surface area contributed by atoms with Crippen LogP contribution in [0.25, 0.3) is 11.3 Å². The Morgan fingerprint density at radius 3 is 2.71 bits per heavy atom. The summed E-state index contributed by atoms with van der Waals surface area (Å²) in [5.41, 5.74) is 2.18. The Labute approximate surface area is 188 Å². The standard InChI is InChI=1S/C24H30ClN3O3/c1-2-3-6-19-14-27(15-20(29)12-17-5-4-7-23(17)30)24(31)22-13-21(26-28(19)22)16-8-10-18(25)11-9-16/h8-11,13,17,19,23,30H,2-7,12,14-15H2,1H3/t17-,19?,23+/m0/s1. The lowest BCUT2D eigenvalue weighted by Crippen LogP contribution is -2.45. The molecule has 0 radical (unpaired) electrons. The van der Waals surface area contributed by atoms with Crippen LogP contribution < -0.4 is 0 Å². The third kappa shape index (κ3) is 4.85. The monoisotopic (exact) mass is 443 g/mol. The van der Waals surface area contributed by atoms with E-state index in [2.05, 4.69) is 6.92 Å². The molecule has 1 aromatic heterocycles. The molecule has 0 saturated heterocycles. The Morgan fingerprint density at radius 2 is 2.03 bits per heavy atom. The largest absolute Gasteiger partial charge is 0.393 e. The SMILES string of the molecule is CCCCC1CN(CC(=O)C[C@@H]2CCC[C@H]2O)C(=O)c2cc(-c3ccc(Cl)cc3)nn21. The van der Waals surface area contributed by atoms with E-state index in [1.807, 2.05) is 35.0 Å². The number of nitrogens with zero attached hydrogens (tertiary/aromatic N) is 3. The van der Waals surface area contributed by atoms with Crippen LogP contribution in [0.4, 0.5) is 0 Å². The van der Waals surface area contributed by atoms with E-state index < -0.39 is 0 Å². The van der Waals surface area contributed by atoms with Crippen LogP contribution in [0.5, 0.6) is 0 Å². The van der Waals surface area contributed by atoms with Gasteiger partial charge in [0.2, 0.25) is 0 Å². The van der Waals surface area contributed by atoms with E-state index in [1.165, 1.54) is 0 Å². The van der Waals surface area contributed by atoms with Crippen LogP contribution in [0.1, 0.15) is 68.4 Å². The summed E-state index contributed by atoms with van der Waals surface area (Å²) in [5, 5.41) is 15.4. The molecule has 2 aliphatic rings. The number of benzene rings is 1. The molecule has 4 rings (SSSR count). The van der Waals surface area contributed by atoms with Gasteiger partial charge in [0.1, 0.15) is 5.69 Å². The van der Waals surface area contributed by atoms with Gasteiger partial charge in [-0.1, -0.05) is 49.9 Å². The predicted octanol–water partition coefficient (Wildman–Crippen LogP) is 4.51. The van der Waals surface area contributed by atoms with Crippen LogP contribution in [0, 0.1) is 5.92 Å². The lowest BCUT2D eigenvalue weighted by Gasteiger charge is -2.33. The zero-order valence-electron chi connectivity index (χ0n) is 18.0. The summed E-state index contributed by atoms with van der Waals surface area (Å²) < 4.78 is 1.85. The van der Waals surface area contributed by atoms with E-state index in [4.69, 9.17) is 16.7 Å². The van der Waals surface area contributed by atoms with Crippen LogP contribution in [0.3, 0.4) is 0 Å². The number of aromatic nitrogens is 2.